The molecule has 0 heterocycles. The zero-order valence-electron chi connectivity index (χ0n) is 11.8. The number of carbonyl (C=O) groups is 1. The lowest BCUT2D eigenvalue weighted by Gasteiger charge is -2.12. The summed E-state index contributed by atoms with van der Waals surface area (Å²) < 4.78 is 28.8. The summed E-state index contributed by atoms with van der Waals surface area (Å²) in [7, 11) is -2.09. The number of sulfone groups is 1. The predicted molar refractivity (Wildman–Crippen MR) is 74.6 cm³/mol. The average Bonchev–Trinajstić information content (AvgIpc) is 2.33. The largest absolute Gasteiger partial charge is 0.469 e. The number of hydrogen-bond acceptors (Lipinski definition) is 4. The molecule has 4 nitrogen and oxygen atoms in total. The van der Waals surface area contributed by atoms with Gasteiger partial charge in [0.15, 0.2) is 9.84 Å². The Bertz CT molecular complexity index is 561. The Hall–Kier alpha value is -1.36. The second-order valence-electron chi connectivity index (χ2n) is 4.82. The quantitative estimate of drug-likeness (QED) is 0.777. The Morgan fingerprint density at radius 2 is 1.89 bits per heavy atom. The molecular weight excluding hydrogens is 264 g/mol. The third-order valence-electron chi connectivity index (χ3n) is 3.23. The number of benzene rings is 1. The lowest BCUT2D eigenvalue weighted by molar-refractivity contribution is -0.140. The fourth-order valence-electron chi connectivity index (χ4n) is 1.71. The van der Waals surface area contributed by atoms with Gasteiger partial charge in [-0.15, -0.1) is 0 Å². The second kappa shape index (κ2) is 6.19. The van der Waals surface area contributed by atoms with E-state index in [2.05, 4.69) is 4.74 Å². The number of methoxy groups -OCH3 is 1. The Balaban J connectivity index is 2.84. The van der Waals surface area contributed by atoms with Crippen molar-refractivity contribution in [3.63, 3.8) is 0 Å². The molecule has 1 rings (SSSR count). The summed E-state index contributed by atoms with van der Waals surface area (Å²) in [6, 6.07) is 5.59. The Kier molecular flexibility index (Phi) is 5.11. The van der Waals surface area contributed by atoms with Crippen LogP contribution in [-0.2, 0) is 25.1 Å². The predicted octanol–water partition coefficient (Wildman–Crippen LogP) is 2.17. The first-order chi connectivity index (χ1) is 8.76. The Labute approximate surface area is 114 Å². The molecule has 0 fully saturated rings. The van der Waals surface area contributed by atoms with Crippen LogP contribution in [0.1, 0.15) is 30.0 Å². The molecule has 0 N–H and O–H groups in total. The first kappa shape index (κ1) is 15.7. The third-order valence-corrected chi connectivity index (χ3v) is 5.36. The maximum Gasteiger partial charge on any atom is 0.306 e. The molecule has 0 saturated carbocycles. The van der Waals surface area contributed by atoms with Gasteiger partial charge in [0.2, 0.25) is 0 Å². The maximum absolute atomic E-state index is 12.1. The molecule has 1 aromatic carbocycles. The molecule has 0 aliphatic carbocycles. The number of carbonyl (C=O) groups excluding carboxylic acids is 1. The van der Waals surface area contributed by atoms with Gasteiger partial charge in [-0.05, 0) is 37.5 Å². The van der Waals surface area contributed by atoms with Crippen LogP contribution < -0.4 is 0 Å². The zero-order valence-corrected chi connectivity index (χ0v) is 12.6. The monoisotopic (exact) mass is 284 g/mol. The van der Waals surface area contributed by atoms with Gasteiger partial charge in [-0.3, -0.25) is 4.79 Å². The van der Waals surface area contributed by atoms with E-state index in [1.165, 1.54) is 14.0 Å². The molecular formula is C14H20O4S. The number of ether oxygens (including phenoxy) is 1. The highest BCUT2D eigenvalue weighted by Crippen LogP contribution is 2.17. The van der Waals surface area contributed by atoms with Crippen molar-refractivity contribution < 1.29 is 17.9 Å². The van der Waals surface area contributed by atoms with Crippen molar-refractivity contribution in [2.45, 2.75) is 38.2 Å². The van der Waals surface area contributed by atoms with E-state index in [4.69, 9.17) is 0 Å². The fourth-order valence-corrected chi connectivity index (χ4v) is 3.03. The number of esters is 1. The van der Waals surface area contributed by atoms with Crippen LogP contribution in [0.4, 0.5) is 0 Å². The fraction of sp³-hybridized carbons (Fsp3) is 0.500. The van der Waals surface area contributed by atoms with E-state index in [0.29, 0.717) is 0 Å². The molecule has 1 unspecified atom stereocenters. The third kappa shape index (κ3) is 4.35. The van der Waals surface area contributed by atoms with E-state index in [1.807, 2.05) is 32.0 Å². The topological polar surface area (TPSA) is 60.4 Å². The SMILES string of the molecule is COC(=O)CC(C)S(=O)(=O)Cc1ccc(C)c(C)c1. The van der Waals surface area contributed by atoms with Gasteiger partial charge in [0, 0.05) is 0 Å². The summed E-state index contributed by atoms with van der Waals surface area (Å²) in [6.45, 7) is 5.46. The standard InChI is InChI=1S/C14H20O4S/c1-10-5-6-13(7-11(10)2)9-19(16,17)12(3)8-14(15)18-4/h5-7,12H,8-9H2,1-4H3. The van der Waals surface area contributed by atoms with Crippen LogP contribution >= 0.6 is 0 Å². The van der Waals surface area contributed by atoms with Crippen LogP contribution in [0.15, 0.2) is 18.2 Å². The van der Waals surface area contributed by atoms with E-state index >= 15 is 0 Å². The first-order valence-corrected chi connectivity index (χ1v) is 7.82. The molecule has 5 heteroatoms. The van der Waals surface area contributed by atoms with Crippen molar-refractivity contribution in [3.05, 3.63) is 34.9 Å². The lowest BCUT2D eigenvalue weighted by atomic mass is 10.1. The summed E-state index contributed by atoms with van der Waals surface area (Å²) in [5.74, 6) is -0.553. The molecule has 0 aromatic heterocycles. The van der Waals surface area contributed by atoms with Crippen LogP contribution in [0.25, 0.3) is 0 Å². The summed E-state index contributed by atoms with van der Waals surface area (Å²) in [4.78, 5) is 11.1. The number of aryl methyl sites for hydroxylation is 2. The molecule has 0 spiro atoms. The van der Waals surface area contributed by atoms with Crippen LogP contribution in [-0.4, -0.2) is 26.7 Å². The van der Waals surface area contributed by atoms with Crippen molar-refractivity contribution >= 4 is 15.8 Å². The minimum Gasteiger partial charge on any atom is -0.469 e. The van der Waals surface area contributed by atoms with Gasteiger partial charge >= 0.3 is 5.97 Å². The first-order valence-electron chi connectivity index (χ1n) is 6.10. The van der Waals surface area contributed by atoms with E-state index in [9.17, 15) is 13.2 Å². The van der Waals surface area contributed by atoms with Gasteiger partial charge in [-0.2, -0.15) is 0 Å². The summed E-state index contributed by atoms with van der Waals surface area (Å²) in [6.07, 6.45) is -0.107. The van der Waals surface area contributed by atoms with Gasteiger partial charge in [0.25, 0.3) is 0 Å². The molecule has 0 saturated heterocycles. The molecule has 0 amide bonds. The van der Waals surface area contributed by atoms with Gasteiger partial charge in [-0.1, -0.05) is 18.2 Å². The Morgan fingerprint density at radius 1 is 1.26 bits per heavy atom. The van der Waals surface area contributed by atoms with Crippen LogP contribution in [0.3, 0.4) is 0 Å². The Morgan fingerprint density at radius 3 is 2.42 bits per heavy atom. The van der Waals surface area contributed by atoms with E-state index < -0.39 is 21.1 Å². The highest BCUT2D eigenvalue weighted by atomic mass is 32.2. The van der Waals surface area contributed by atoms with Gasteiger partial charge in [0.1, 0.15) is 0 Å². The molecule has 0 radical (unpaired) electrons. The van der Waals surface area contributed by atoms with E-state index in [-0.39, 0.29) is 12.2 Å². The van der Waals surface area contributed by atoms with Crippen LogP contribution in [0.2, 0.25) is 0 Å². The summed E-state index contributed by atoms with van der Waals surface area (Å²) in [5, 5.41) is -0.735. The molecule has 19 heavy (non-hydrogen) atoms. The van der Waals surface area contributed by atoms with Crippen molar-refractivity contribution in [2.24, 2.45) is 0 Å². The molecule has 1 aromatic rings. The number of rotatable bonds is 5. The maximum atomic E-state index is 12.1. The molecule has 1 atom stereocenters. The van der Waals surface area contributed by atoms with Crippen LogP contribution in [0, 0.1) is 13.8 Å². The summed E-state index contributed by atoms with van der Waals surface area (Å²) in [5.41, 5.74) is 2.94. The zero-order chi connectivity index (χ0) is 14.6. The average molecular weight is 284 g/mol. The molecule has 106 valence electrons. The van der Waals surface area contributed by atoms with Crippen molar-refractivity contribution in [3.8, 4) is 0 Å². The molecule has 0 aliphatic heterocycles. The number of hydrogen-bond donors (Lipinski definition) is 0. The second-order valence-corrected chi connectivity index (χ2v) is 7.24. The van der Waals surface area contributed by atoms with E-state index in [0.717, 1.165) is 16.7 Å². The van der Waals surface area contributed by atoms with Crippen molar-refractivity contribution in [1.82, 2.24) is 0 Å². The van der Waals surface area contributed by atoms with Gasteiger partial charge in [-0.25, -0.2) is 8.42 Å². The van der Waals surface area contributed by atoms with E-state index in [1.54, 1.807) is 0 Å². The minimum absolute atomic E-state index is 0.0493. The highest BCUT2D eigenvalue weighted by molar-refractivity contribution is 7.91. The van der Waals surface area contributed by atoms with Crippen molar-refractivity contribution in [2.75, 3.05) is 7.11 Å². The molecule has 0 bridgehead atoms. The van der Waals surface area contributed by atoms with Gasteiger partial charge < -0.3 is 4.74 Å². The smallest absolute Gasteiger partial charge is 0.306 e. The van der Waals surface area contributed by atoms with Crippen molar-refractivity contribution in [1.29, 1.82) is 0 Å². The lowest BCUT2D eigenvalue weighted by Crippen LogP contribution is -2.23. The highest BCUT2D eigenvalue weighted by Gasteiger charge is 2.24. The minimum atomic E-state index is -3.35. The molecule has 0 aliphatic rings. The summed E-state index contributed by atoms with van der Waals surface area (Å²) >= 11 is 0. The van der Waals surface area contributed by atoms with Crippen LogP contribution in [0.5, 0.6) is 0 Å². The normalized spacial score (nSPS) is 13.1. The van der Waals surface area contributed by atoms with Gasteiger partial charge in [0.05, 0.1) is 24.5 Å².